The van der Waals surface area contributed by atoms with Crippen molar-refractivity contribution in [3.8, 4) is 0 Å². The van der Waals surface area contributed by atoms with Crippen LogP contribution < -0.4 is 10.5 Å². The van der Waals surface area contributed by atoms with Gasteiger partial charge in [0.25, 0.3) is 5.56 Å². The highest BCUT2D eigenvalue weighted by molar-refractivity contribution is 5.38. The van der Waals surface area contributed by atoms with Crippen molar-refractivity contribution in [3.05, 3.63) is 22.2 Å². The number of alkyl halides is 3. The van der Waals surface area contributed by atoms with E-state index in [1.165, 1.54) is 11.0 Å². The molecule has 2 rings (SSSR count). The lowest BCUT2D eigenvalue weighted by molar-refractivity contribution is -0.168. The molecule has 2 heterocycles. The SMILES string of the molecule is Cc1nc(N2CCC(C(F)(F)F)C2)cc(=O)[nH]1. The Morgan fingerprint density at radius 1 is 1.53 bits per heavy atom. The van der Waals surface area contributed by atoms with Crippen molar-refractivity contribution in [1.82, 2.24) is 9.97 Å². The topological polar surface area (TPSA) is 49.0 Å². The number of aromatic amines is 1. The van der Waals surface area contributed by atoms with E-state index in [2.05, 4.69) is 9.97 Å². The third-order valence-corrected chi connectivity index (χ3v) is 2.82. The molecule has 1 saturated heterocycles. The van der Waals surface area contributed by atoms with E-state index < -0.39 is 12.1 Å². The van der Waals surface area contributed by atoms with Crippen molar-refractivity contribution in [3.63, 3.8) is 0 Å². The summed E-state index contributed by atoms with van der Waals surface area (Å²) in [6.07, 6.45) is -4.12. The molecule has 1 atom stereocenters. The summed E-state index contributed by atoms with van der Waals surface area (Å²) < 4.78 is 37.5. The Kier molecular flexibility index (Phi) is 2.84. The average molecular weight is 247 g/mol. The summed E-state index contributed by atoms with van der Waals surface area (Å²) in [6.45, 7) is 1.75. The minimum atomic E-state index is -4.18. The van der Waals surface area contributed by atoms with E-state index in [0.29, 0.717) is 11.6 Å². The van der Waals surface area contributed by atoms with E-state index in [1.54, 1.807) is 6.92 Å². The van der Waals surface area contributed by atoms with E-state index in [1.807, 2.05) is 0 Å². The van der Waals surface area contributed by atoms with Gasteiger partial charge in [-0.3, -0.25) is 4.79 Å². The summed E-state index contributed by atoms with van der Waals surface area (Å²) in [5.41, 5.74) is -0.344. The summed E-state index contributed by atoms with van der Waals surface area (Å²) in [4.78, 5) is 19.2. The summed E-state index contributed by atoms with van der Waals surface area (Å²) in [6, 6.07) is 1.23. The van der Waals surface area contributed by atoms with Gasteiger partial charge in [0.2, 0.25) is 0 Å². The Balaban J connectivity index is 2.18. The van der Waals surface area contributed by atoms with Crippen molar-refractivity contribution in [2.24, 2.45) is 5.92 Å². The van der Waals surface area contributed by atoms with Gasteiger partial charge in [0.15, 0.2) is 0 Å². The minimum Gasteiger partial charge on any atom is -0.356 e. The summed E-state index contributed by atoms with van der Waals surface area (Å²) in [7, 11) is 0. The molecule has 17 heavy (non-hydrogen) atoms. The molecular formula is C10H12F3N3O. The highest BCUT2D eigenvalue weighted by Crippen LogP contribution is 2.34. The molecule has 94 valence electrons. The Bertz CT molecular complexity index is 469. The van der Waals surface area contributed by atoms with Crippen molar-refractivity contribution >= 4 is 5.82 Å². The van der Waals surface area contributed by atoms with Gasteiger partial charge >= 0.3 is 6.18 Å². The van der Waals surface area contributed by atoms with Gasteiger partial charge in [-0.05, 0) is 13.3 Å². The highest BCUT2D eigenvalue weighted by Gasteiger charge is 2.43. The first-order chi connectivity index (χ1) is 7.86. The predicted octanol–water partition coefficient (Wildman–Crippen LogP) is 1.47. The molecule has 0 radical (unpaired) electrons. The van der Waals surface area contributed by atoms with E-state index in [-0.39, 0.29) is 25.1 Å². The molecule has 1 fully saturated rings. The zero-order chi connectivity index (χ0) is 12.6. The summed E-state index contributed by atoms with van der Waals surface area (Å²) in [5.74, 6) is -0.607. The minimum absolute atomic E-state index is 0.0526. The first-order valence-electron chi connectivity index (χ1n) is 5.26. The molecule has 0 amide bonds. The molecule has 0 saturated carbocycles. The molecule has 1 N–H and O–H groups in total. The van der Waals surface area contributed by atoms with Crippen LogP contribution in [0.4, 0.5) is 19.0 Å². The van der Waals surface area contributed by atoms with Crippen LogP contribution >= 0.6 is 0 Å². The molecule has 0 aromatic carbocycles. The van der Waals surface area contributed by atoms with E-state index >= 15 is 0 Å². The van der Waals surface area contributed by atoms with E-state index in [4.69, 9.17) is 0 Å². The fourth-order valence-corrected chi connectivity index (χ4v) is 1.96. The molecule has 0 spiro atoms. The first-order valence-corrected chi connectivity index (χ1v) is 5.26. The number of rotatable bonds is 1. The fourth-order valence-electron chi connectivity index (χ4n) is 1.96. The Morgan fingerprint density at radius 3 is 2.76 bits per heavy atom. The number of halogens is 3. The molecular weight excluding hydrogens is 235 g/mol. The molecule has 4 nitrogen and oxygen atoms in total. The number of anilines is 1. The number of nitrogens with one attached hydrogen (secondary N) is 1. The Hall–Kier alpha value is -1.53. The van der Waals surface area contributed by atoms with Crippen LogP contribution in [0.15, 0.2) is 10.9 Å². The molecule has 0 bridgehead atoms. The number of H-pyrrole nitrogens is 1. The molecule has 1 aliphatic rings. The van der Waals surface area contributed by atoms with Gasteiger partial charge in [0.1, 0.15) is 11.6 Å². The molecule has 1 aliphatic heterocycles. The van der Waals surface area contributed by atoms with Gasteiger partial charge in [-0.1, -0.05) is 0 Å². The van der Waals surface area contributed by atoms with Crippen LogP contribution in [-0.4, -0.2) is 29.2 Å². The zero-order valence-electron chi connectivity index (χ0n) is 9.21. The van der Waals surface area contributed by atoms with Crippen LogP contribution in [0.1, 0.15) is 12.2 Å². The molecule has 1 unspecified atom stereocenters. The molecule has 0 aliphatic carbocycles. The smallest absolute Gasteiger partial charge is 0.356 e. The fraction of sp³-hybridized carbons (Fsp3) is 0.600. The lowest BCUT2D eigenvalue weighted by atomic mass is 10.1. The maximum Gasteiger partial charge on any atom is 0.393 e. The van der Waals surface area contributed by atoms with Gasteiger partial charge in [-0.15, -0.1) is 0 Å². The lowest BCUT2D eigenvalue weighted by Crippen LogP contribution is -2.28. The van der Waals surface area contributed by atoms with Crippen molar-refractivity contribution in [2.45, 2.75) is 19.5 Å². The molecule has 1 aromatic rings. The van der Waals surface area contributed by atoms with Gasteiger partial charge < -0.3 is 9.88 Å². The van der Waals surface area contributed by atoms with E-state index in [0.717, 1.165) is 0 Å². The second-order valence-corrected chi connectivity index (χ2v) is 4.16. The van der Waals surface area contributed by atoms with Gasteiger partial charge in [0.05, 0.1) is 5.92 Å². The largest absolute Gasteiger partial charge is 0.393 e. The molecule has 1 aromatic heterocycles. The van der Waals surface area contributed by atoms with Gasteiger partial charge in [-0.25, -0.2) is 4.98 Å². The average Bonchev–Trinajstić information content (AvgIpc) is 2.63. The van der Waals surface area contributed by atoms with Gasteiger partial charge in [-0.2, -0.15) is 13.2 Å². The number of nitrogens with zero attached hydrogens (tertiary/aromatic N) is 2. The highest BCUT2D eigenvalue weighted by atomic mass is 19.4. The van der Waals surface area contributed by atoms with Crippen molar-refractivity contribution in [2.75, 3.05) is 18.0 Å². The van der Waals surface area contributed by atoms with Crippen LogP contribution in [0.2, 0.25) is 0 Å². The standard InChI is InChI=1S/C10H12F3N3O/c1-6-14-8(4-9(17)15-6)16-3-2-7(5-16)10(11,12)13/h4,7H,2-3,5H2,1H3,(H,14,15,17). The zero-order valence-corrected chi connectivity index (χ0v) is 9.21. The van der Waals surface area contributed by atoms with Crippen LogP contribution in [0, 0.1) is 12.8 Å². The van der Waals surface area contributed by atoms with Crippen LogP contribution in [-0.2, 0) is 0 Å². The normalized spacial score (nSPS) is 20.9. The van der Waals surface area contributed by atoms with Crippen LogP contribution in [0.3, 0.4) is 0 Å². The summed E-state index contributed by atoms with van der Waals surface area (Å²) >= 11 is 0. The second kappa shape index (κ2) is 4.05. The number of aryl methyl sites for hydroxylation is 1. The summed E-state index contributed by atoms with van der Waals surface area (Å²) in [5, 5.41) is 0. The maximum atomic E-state index is 12.5. The van der Waals surface area contributed by atoms with Gasteiger partial charge in [0, 0.05) is 19.2 Å². The Morgan fingerprint density at radius 2 is 2.24 bits per heavy atom. The third kappa shape index (κ3) is 2.59. The second-order valence-electron chi connectivity index (χ2n) is 4.16. The van der Waals surface area contributed by atoms with Crippen molar-refractivity contribution < 1.29 is 13.2 Å². The monoisotopic (exact) mass is 247 g/mol. The van der Waals surface area contributed by atoms with Crippen LogP contribution in [0.5, 0.6) is 0 Å². The lowest BCUT2D eigenvalue weighted by Gasteiger charge is -2.18. The Labute approximate surface area is 95.5 Å². The first kappa shape index (κ1) is 11.9. The molecule has 7 heteroatoms. The number of hydrogen-bond acceptors (Lipinski definition) is 3. The third-order valence-electron chi connectivity index (χ3n) is 2.82. The number of aromatic nitrogens is 2. The quantitative estimate of drug-likeness (QED) is 0.817. The maximum absolute atomic E-state index is 12.5. The van der Waals surface area contributed by atoms with Crippen molar-refractivity contribution in [1.29, 1.82) is 0 Å². The predicted molar refractivity (Wildman–Crippen MR) is 56.0 cm³/mol. The van der Waals surface area contributed by atoms with E-state index in [9.17, 15) is 18.0 Å². The number of hydrogen-bond donors (Lipinski definition) is 1. The van der Waals surface area contributed by atoms with Crippen LogP contribution in [0.25, 0.3) is 0 Å².